The van der Waals surface area contributed by atoms with Gasteiger partial charge in [0.05, 0.1) is 12.1 Å². The maximum Gasteiger partial charge on any atom is 0.224 e. The number of rotatable bonds is 7. The van der Waals surface area contributed by atoms with Crippen LogP contribution in [0.4, 0.5) is 5.82 Å². The van der Waals surface area contributed by atoms with E-state index in [1.54, 1.807) is 4.68 Å². The highest BCUT2D eigenvalue weighted by molar-refractivity contribution is 5.90. The second-order valence-corrected chi connectivity index (χ2v) is 7.19. The lowest BCUT2D eigenvalue weighted by atomic mass is 10.0. The molecule has 0 saturated carbocycles. The van der Waals surface area contributed by atoms with E-state index in [2.05, 4.69) is 43.9 Å². The number of aryl methyl sites for hydroxylation is 2. The van der Waals surface area contributed by atoms with E-state index in [9.17, 15) is 4.79 Å². The van der Waals surface area contributed by atoms with Gasteiger partial charge in [0, 0.05) is 24.8 Å². The molecule has 0 atom stereocenters. The number of carbonyl (C=O) groups is 1. The number of fused-ring (bicyclic) bond motifs is 1. The minimum absolute atomic E-state index is 0.000768. The fraction of sp³-hybridized carbons (Fsp3) is 0.217. The Morgan fingerprint density at radius 1 is 1.00 bits per heavy atom. The predicted octanol–water partition coefficient (Wildman–Crippen LogP) is 3.20. The Balaban J connectivity index is 1.30. The summed E-state index contributed by atoms with van der Waals surface area (Å²) in [6.07, 6.45) is 1.87. The van der Waals surface area contributed by atoms with Gasteiger partial charge < -0.3 is 10.6 Å². The second-order valence-electron chi connectivity index (χ2n) is 7.19. The molecule has 1 amide bonds. The van der Waals surface area contributed by atoms with Crippen LogP contribution in [0.2, 0.25) is 0 Å². The zero-order chi connectivity index (χ0) is 20.9. The first-order valence-electron chi connectivity index (χ1n) is 9.93. The smallest absolute Gasteiger partial charge is 0.224 e. The van der Waals surface area contributed by atoms with Gasteiger partial charge in [-0.15, -0.1) is 0 Å². The summed E-state index contributed by atoms with van der Waals surface area (Å²) in [5.74, 6) is 1.40. The molecule has 0 aliphatic rings. The van der Waals surface area contributed by atoms with Crippen LogP contribution in [0.3, 0.4) is 0 Å². The van der Waals surface area contributed by atoms with Crippen LogP contribution in [0.15, 0.2) is 60.9 Å². The number of nitrogens with one attached hydrogen (secondary N) is 2. The van der Waals surface area contributed by atoms with Gasteiger partial charge >= 0.3 is 0 Å². The van der Waals surface area contributed by atoms with E-state index in [-0.39, 0.29) is 5.91 Å². The monoisotopic (exact) mass is 400 g/mol. The van der Waals surface area contributed by atoms with Gasteiger partial charge in [-0.25, -0.2) is 14.6 Å². The molecule has 7 nitrogen and oxygen atoms in total. The molecular formula is C23H24N6O. The average Bonchev–Trinajstić information content (AvgIpc) is 3.10. The molecule has 2 aromatic heterocycles. The first-order chi connectivity index (χ1) is 14.6. The number of amides is 1. The Bertz CT molecular complexity index is 1180. The molecule has 0 aliphatic carbocycles. The lowest BCUT2D eigenvalue weighted by Gasteiger charge is -2.10. The number of hydrogen-bond acceptors (Lipinski definition) is 5. The molecule has 2 heterocycles. The molecule has 0 unspecified atom stereocenters. The first kappa shape index (κ1) is 19.6. The molecule has 152 valence electrons. The minimum atomic E-state index is -0.000768. The van der Waals surface area contributed by atoms with Crippen LogP contribution in [0.5, 0.6) is 0 Å². The van der Waals surface area contributed by atoms with Crippen molar-refractivity contribution >= 4 is 22.5 Å². The summed E-state index contributed by atoms with van der Waals surface area (Å²) in [5, 5.41) is 12.9. The highest BCUT2D eigenvalue weighted by atomic mass is 16.1. The average molecular weight is 400 g/mol. The summed E-state index contributed by atoms with van der Waals surface area (Å²) in [6.45, 7) is 5.00. The van der Waals surface area contributed by atoms with Crippen molar-refractivity contribution in [1.82, 2.24) is 25.1 Å². The minimum Gasteiger partial charge on any atom is -0.368 e. The van der Waals surface area contributed by atoms with Crippen molar-refractivity contribution in [2.45, 2.75) is 20.3 Å². The summed E-state index contributed by atoms with van der Waals surface area (Å²) in [7, 11) is 0. The predicted molar refractivity (Wildman–Crippen MR) is 118 cm³/mol. The van der Waals surface area contributed by atoms with Gasteiger partial charge in [0.2, 0.25) is 5.91 Å². The highest BCUT2D eigenvalue weighted by Crippen LogP contribution is 2.18. The lowest BCUT2D eigenvalue weighted by Crippen LogP contribution is -2.30. The van der Waals surface area contributed by atoms with E-state index in [0.29, 0.717) is 31.1 Å². The number of aromatic nitrogens is 4. The molecule has 0 bridgehead atoms. The largest absolute Gasteiger partial charge is 0.368 e. The quantitative estimate of drug-likeness (QED) is 0.466. The van der Waals surface area contributed by atoms with E-state index in [0.717, 1.165) is 27.7 Å². The van der Waals surface area contributed by atoms with Crippen molar-refractivity contribution in [3.8, 4) is 5.82 Å². The van der Waals surface area contributed by atoms with Gasteiger partial charge in [-0.1, -0.05) is 42.5 Å². The Hall–Kier alpha value is -3.74. The maximum absolute atomic E-state index is 12.4. The summed E-state index contributed by atoms with van der Waals surface area (Å²) in [5.41, 5.74) is 2.98. The van der Waals surface area contributed by atoms with Crippen LogP contribution in [0, 0.1) is 13.8 Å². The third-order valence-corrected chi connectivity index (χ3v) is 4.86. The summed E-state index contributed by atoms with van der Waals surface area (Å²) >= 11 is 0. The summed E-state index contributed by atoms with van der Waals surface area (Å²) in [6, 6.07) is 18.0. The molecule has 0 saturated heterocycles. The van der Waals surface area contributed by atoms with Crippen molar-refractivity contribution in [2.24, 2.45) is 0 Å². The van der Waals surface area contributed by atoms with Crippen LogP contribution < -0.4 is 10.6 Å². The Morgan fingerprint density at radius 2 is 1.83 bits per heavy atom. The molecule has 0 aliphatic heterocycles. The van der Waals surface area contributed by atoms with Crippen molar-refractivity contribution < 1.29 is 4.79 Å². The van der Waals surface area contributed by atoms with E-state index >= 15 is 0 Å². The van der Waals surface area contributed by atoms with Gasteiger partial charge in [-0.3, -0.25) is 4.79 Å². The van der Waals surface area contributed by atoms with Crippen LogP contribution in [-0.2, 0) is 11.2 Å². The number of benzene rings is 2. The molecule has 0 spiro atoms. The maximum atomic E-state index is 12.4. The van der Waals surface area contributed by atoms with Crippen molar-refractivity contribution in [1.29, 1.82) is 0 Å². The molecule has 7 heteroatoms. The van der Waals surface area contributed by atoms with Gasteiger partial charge in [-0.2, -0.15) is 5.10 Å². The third-order valence-electron chi connectivity index (χ3n) is 4.86. The van der Waals surface area contributed by atoms with Crippen LogP contribution >= 0.6 is 0 Å². The van der Waals surface area contributed by atoms with Gasteiger partial charge in [-0.05, 0) is 36.2 Å². The zero-order valence-corrected chi connectivity index (χ0v) is 17.1. The third kappa shape index (κ3) is 4.46. The zero-order valence-electron chi connectivity index (χ0n) is 17.1. The molecule has 4 aromatic rings. The first-order valence-corrected chi connectivity index (χ1v) is 9.93. The normalized spacial score (nSPS) is 10.9. The number of hydrogen-bond donors (Lipinski definition) is 2. The lowest BCUT2D eigenvalue weighted by molar-refractivity contribution is -0.120. The fourth-order valence-electron chi connectivity index (χ4n) is 3.49. The molecule has 0 fully saturated rings. The van der Waals surface area contributed by atoms with Crippen molar-refractivity contribution in [3.05, 3.63) is 77.9 Å². The van der Waals surface area contributed by atoms with E-state index in [4.69, 9.17) is 0 Å². The molecular weight excluding hydrogens is 376 g/mol. The fourth-order valence-corrected chi connectivity index (χ4v) is 3.49. The molecule has 30 heavy (non-hydrogen) atoms. The van der Waals surface area contributed by atoms with Crippen LogP contribution in [-0.4, -0.2) is 38.7 Å². The van der Waals surface area contributed by atoms with Crippen molar-refractivity contribution in [3.63, 3.8) is 0 Å². The molecule has 2 aromatic carbocycles. The standard InChI is InChI=1S/C23H24N6O/c1-16-12-17(2)29(28-16)22-14-21(26-15-27-22)24-10-11-25-23(30)13-19-8-5-7-18-6-3-4-9-20(18)19/h3-9,12,14-15H,10-11,13H2,1-2H3,(H,25,30)(H,24,26,27). The second kappa shape index (κ2) is 8.73. The molecule has 2 N–H and O–H groups in total. The number of carbonyl (C=O) groups excluding carboxylic acids is 1. The molecule has 4 rings (SSSR count). The topological polar surface area (TPSA) is 84.7 Å². The van der Waals surface area contributed by atoms with E-state index < -0.39 is 0 Å². The SMILES string of the molecule is Cc1cc(C)n(-c2cc(NCCNC(=O)Cc3cccc4ccccc34)ncn2)n1. The Morgan fingerprint density at radius 3 is 2.67 bits per heavy atom. The summed E-state index contributed by atoms with van der Waals surface area (Å²) in [4.78, 5) is 20.9. The number of nitrogens with zero attached hydrogens (tertiary/aromatic N) is 4. The molecule has 0 radical (unpaired) electrons. The van der Waals surface area contributed by atoms with E-state index in [1.165, 1.54) is 6.33 Å². The highest BCUT2D eigenvalue weighted by Gasteiger charge is 2.08. The van der Waals surface area contributed by atoms with Gasteiger partial charge in [0.1, 0.15) is 12.1 Å². The van der Waals surface area contributed by atoms with E-state index in [1.807, 2.05) is 50.2 Å². The Labute approximate surface area is 175 Å². The number of anilines is 1. The Kier molecular flexibility index (Phi) is 5.70. The summed E-state index contributed by atoms with van der Waals surface area (Å²) < 4.78 is 1.79. The van der Waals surface area contributed by atoms with Crippen molar-refractivity contribution in [2.75, 3.05) is 18.4 Å². The van der Waals surface area contributed by atoms with Gasteiger partial charge in [0.25, 0.3) is 0 Å². The van der Waals surface area contributed by atoms with Crippen LogP contribution in [0.25, 0.3) is 16.6 Å². The van der Waals surface area contributed by atoms with Gasteiger partial charge in [0.15, 0.2) is 5.82 Å². The van der Waals surface area contributed by atoms with Crippen LogP contribution in [0.1, 0.15) is 17.0 Å².